The molecular weight excluding hydrogens is 507 g/mol. The van der Waals surface area contributed by atoms with Crippen LogP contribution in [0.3, 0.4) is 0 Å². The molecule has 8 nitrogen and oxygen atoms in total. The Morgan fingerprint density at radius 1 is 1.24 bits per heavy atom. The van der Waals surface area contributed by atoms with Gasteiger partial charge in [0.2, 0.25) is 10.0 Å². The van der Waals surface area contributed by atoms with Crippen LogP contribution in [-0.2, 0) is 21.3 Å². The summed E-state index contributed by atoms with van der Waals surface area (Å²) in [5, 5.41) is 6.47. The Labute approximate surface area is 192 Å². The van der Waals surface area contributed by atoms with Crippen molar-refractivity contribution in [3.05, 3.63) is 29.3 Å². The molecule has 0 unspecified atom stereocenters. The Kier molecular flexibility index (Phi) is 14.2. The minimum Gasteiger partial charge on any atom is -0.491 e. The summed E-state index contributed by atoms with van der Waals surface area (Å²) >= 11 is 0. The fourth-order valence-electron chi connectivity index (χ4n) is 2.60. The predicted octanol–water partition coefficient (Wildman–Crippen LogP) is 1.97. The van der Waals surface area contributed by atoms with Gasteiger partial charge in [-0.2, -0.15) is 0 Å². The van der Waals surface area contributed by atoms with E-state index in [1.807, 2.05) is 32.0 Å². The van der Waals surface area contributed by atoms with Gasteiger partial charge in [-0.1, -0.05) is 19.1 Å². The third-order valence-electron chi connectivity index (χ3n) is 4.14. The standard InChI is InChI=1S/C19H34N4O4S.HI/c1-6-23(28(5,24)25)11-7-10-21-19(20-3)22-15-17-9-8-16(2)14-18(17)27-13-12-26-4;/h8-9,14H,6-7,10-13,15H2,1-5H3,(H2,20,21,22);1H. The summed E-state index contributed by atoms with van der Waals surface area (Å²) in [5.41, 5.74) is 2.16. The second-order valence-electron chi connectivity index (χ2n) is 6.41. The lowest BCUT2D eigenvalue weighted by Gasteiger charge is -2.18. The Hall–Kier alpha value is -1.11. The largest absolute Gasteiger partial charge is 0.491 e. The molecule has 1 aromatic carbocycles. The number of ether oxygens (including phenoxy) is 2. The number of guanidine groups is 1. The molecule has 0 radical (unpaired) electrons. The highest BCUT2D eigenvalue weighted by molar-refractivity contribution is 14.0. The molecule has 0 atom stereocenters. The maximum atomic E-state index is 11.6. The quantitative estimate of drug-likeness (QED) is 0.182. The molecule has 0 aliphatic rings. The molecule has 1 rings (SSSR count). The zero-order valence-corrected chi connectivity index (χ0v) is 21.2. The molecule has 0 aliphatic carbocycles. The van der Waals surface area contributed by atoms with E-state index in [0.717, 1.165) is 16.9 Å². The minimum absolute atomic E-state index is 0. The van der Waals surface area contributed by atoms with E-state index in [9.17, 15) is 8.42 Å². The lowest BCUT2D eigenvalue weighted by Crippen LogP contribution is -2.39. The number of halogens is 1. The van der Waals surface area contributed by atoms with Crippen LogP contribution in [0, 0.1) is 6.92 Å². The van der Waals surface area contributed by atoms with Gasteiger partial charge in [0, 0.05) is 45.9 Å². The van der Waals surface area contributed by atoms with Gasteiger partial charge in [-0.3, -0.25) is 4.99 Å². The zero-order valence-electron chi connectivity index (χ0n) is 18.0. The molecular formula is C19H35IN4O4S. The number of hydrogen-bond donors (Lipinski definition) is 2. The van der Waals surface area contributed by atoms with Gasteiger partial charge < -0.3 is 20.1 Å². The lowest BCUT2D eigenvalue weighted by molar-refractivity contribution is 0.145. The molecule has 0 heterocycles. The van der Waals surface area contributed by atoms with E-state index in [1.54, 1.807) is 14.2 Å². The van der Waals surface area contributed by atoms with Crippen LogP contribution in [0.1, 0.15) is 24.5 Å². The van der Waals surface area contributed by atoms with Crippen LogP contribution in [0.25, 0.3) is 0 Å². The van der Waals surface area contributed by atoms with Gasteiger partial charge in [0.1, 0.15) is 12.4 Å². The molecule has 0 bridgehead atoms. The molecule has 10 heteroatoms. The number of nitrogens with zero attached hydrogens (tertiary/aromatic N) is 2. The highest BCUT2D eigenvalue weighted by atomic mass is 127. The Morgan fingerprint density at radius 2 is 1.97 bits per heavy atom. The normalized spacial score (nSPS) is 11.9. The molecule has 168 valence electrons. The first-order valence-electron chi connectivity index (χ1n) is 9.42. The van der Waals surface area contributed by atoms with E-state index in [2.05, 4.69) is 15.6 Å². The van der Waals surface area contributed by atoms with Crippen LogP contribution >= 0.6 is 24.0 Å². The smallest absolute Gasteiger partial charge is 0.211 e. The summed E-state index contributed by atoms with van der Waals surface area (Å²) in [6.45, 7) is 7.03. The van der Waals surface area contributed by atoms with E-state index < -0.39 is 10.0 Å². The second-order valence-corrected chi connectivity index (χ2v) is 8.40. The summed E-state index contributed by atoms with van der Waals surface area (Å²) in [7, 11) is 0.201. The summed E-state index contributed by atoms with van der Waals surface area (Å²) in [6, 6.07) is 6.08. The van der Waals surface area contributed by atoms with Crippen molar-refractivity contribution in [3.63, 3.8) is 0 Å². The summed E-state index contributed by atoms with van der Waals surface area (Å²) in [5.74, 6) is 1.48. The first-order valence-corrected chi connectivity index (χ1v) is 11.3. The van der Waals surface area contributed by atoms with Gasteiger partial charge in [0.15, 0.2) is 5.96 Å². The fourth-order valence-corrected chi connectivity index (χ4v) is 3.53. The molecule has 0 aromatic heterocycles. The van der Waals surface area contributed by atoms with Crippen LogP contribution in [0.2, 0.25) is 0 Å². The van der Waals surface area contributed by atoms with Gasteiger partial charge in [0.25, 0.3) is 0 Å². The van der Waals surface area contributed by atoms with Crippen molar-refractivity contribution in [1.29, 1.82) is 0 Å². The van der Waals surface area contributed by atoms with Gasteiger partial charge in [0.05, 0.1) is 12.9 Å². The number of sulfonamides is 1. The highest BCUT2D eigenvalue weighted by Crippen LogP contribution is 2.20. The first kappa shape index (κ1) is 27.9. The Balaban J connectivity index is 0.00000784. The van der Waals surface area contributed by atoms with Crippen LogP contribution in [0.5, 0.6) is 5.75 Å². The summed E-state index contributed by atoms with van der Waals surface area (Å²) in [4.78, 5) is 4.21. The number of hydrogen-bond acceptors (Lipinski definition) is 5. The van der Waals surface area contributed by atoms with E-state index in [1.165, 1.54) is 10.6 Å². The van der Waals surface area contributed by atoms with Gasteiger partial charge in [-0.05, 0) is 25.0 Å². The maximum absolute atomic E-state index is 11.6. The van der Waals surface area contributed by atoms with Gasteiger partial charge in [-0.25, -0.2) is 12.7 Å². The molecule has 0 fully saturated rings. The van der Waals surface area contributed by atoms with Crippen molar-refractivity contribution in [2.75, 3.05) is 53.3 Å². The number of benzene rings is 1. The molecule has 0 amide bonds. The van der Waals surface area contributed by atoms with Crippen molar-refractivity contribution < 1.29 is 17.9 Å². The van der Waals surface area contributed by atoms with Crippen LogP contribution in [0.4, 0.5) is 0 Å². The zero-order chi connectivity index (χ0) is 21.0. The fraction of sp³-hybridized carbons (Fsp3) is 0.632. The van der Waals surface area contributed by atoms with Crippen molar-refractivity contribution in [2.24, 2.45) is 4.99 Å². The minimum atomic E-state index is -3.15. The maximum Gasteiger partial charge on any atom is 0.211 e. The molecule has 0 aliphatic heterocycles. The Morgan fingerprint density at radius 3 is 2.55 bits per heavy atom. The predicted molar refractivity (Wildman–Crippen MR) is 129 cm³/mol. The van der Waals surface area contributed by atoms with Gasteiger partial charge in [-0.15, -0.1) is 24.0 Å². The van der Waals surface area contributed by atoms with Crippen LogP contribution < -0.4 is 15.4 Å². The lowest BCUT2D eigenvalue weighted by atomic mass is 10.1. The third kappa shape index (κ3) is 11.0. The molecule has 0 saturated heterocycles. The Bertz CT molecular complexity index is 729. The summed E-state index contributed by atoms with van der Waals surface area (Å²) in [6.07, 6.45) is 1.93. The number of rotatable bonds is 12. The van der Waals surface area contributed by atoms with Crippen molar-refractivity contribution in [2.45, 2.75) is 26.8 Å². The molecule has 0 saturated carbocycles. The molecule has 29 heavy (non-hydrogen) atoms. The topological polar surface area (TPSA) is 92.3 Å². The molecule has 1 aromatic rings. The van der Waals surface area contributed by atoms with E-state index in [0.29, 0.717) is 51.8 Å². The molecule has 2 N–H and O–H groups in total. The SMILES string of the molecule is CCN(CCCNC(=NC)NCc1ccc(C)cc1OCCOC)S(C)(=O)=O.I. The van der Waals surface area contributed by atoms with Crippen LogP contribution in [-0.4, -0.2) is 71.9 Å². The number of aryl methyl sites for hydroxylation is 1. The number of methoxy groups -OCH3 is 1. The average Bonchev–Trinajstić information content (AvgIpc) is 2.64. The van der Waals surface area contributed by atoms with Crippen molar-refractivity contribution in [3.8, 4) is 5.75 Å². The van der Waals surface area contributed by atoms with Crippen LogP contribution in [0.15, 0.2) is 23.2 Å². The third-order valence-corrected chi connectivity index (χ3v) is 5.51. The summed E-state index contributed by atoms with van der Waals surface area (Å²) < 4.78 is 35.5. The van der Waals surface area contributed by atoms with E-state index in [4.69, 9.17) is 9.47 Å². The van der Waals surface area contributed by atoms with E-state index in [-0.39, 0.29) is 24.0 Å². The highest BCUT2D eigenvalue weighted by Gasteiger charge is 2.13. The van der Waals surface area contributed by atoms with Crippen molar-refractivity contribution >= 4 is 40.0 Å². The second kappa shape index (κ2) is 14.8. The molecule has 0 spiro atoms. The van der Waals surface area contributed by atoms with Gasteiger partial charge >= 0.3 is 0 Å². The number of nitrogens with one attached hydrogen (secondary N) is 2. The number of aliphatic imine (C=N–C) groups is 1. The monoisotopic (exact) mass is 542 g/mol. The van der Waals surface area contributed by atoms with E-state index >= 15 is 0 Å². The average molecular weight is 542 g/mol. The van der Waals surface area contributed by atoms with Crippen molar-refractivity contribution in [1.82, 2.24) is 14.9 Å². The first-order chi connectivity index (χ1) is 13.3.